The number of thiophene rings is 1. The van der Waals surface area contributed by atoms with E-state index in [1.165, 1.54) is 29.2 Å². The Balaban J connectivity index is 1.38. The summed E-state index contributed by atoms with van der Waals surface area (Å²) in [5, 5.41) is 19.5. The maximum absolute atomic E-state index is 11.9. The molecule has 1 aliphatic heterocycles. The van der Waals surface area contributed by atoms with Crippen molar-refractivity contribution in [1.82, 2.24) is 29.8 Å². The smallest absolute Gasteiger partial charge is 0.269 e. The minimum absolute atomic E-state index is 0.0813. The SMILES string of the molecule is COc1c(O[C@@H](C)[C@@H]2CCCN2C)nc(-c2noc3c2CCC[C@@]32CCCc3sc(N)c(C#N)c32)nc1-n1ccc(C(N)=O)n1. The van der Waals surface area contributed by atoms with E-state index in [4.69, 9.17) is 35.4 Å². The molecule has 13 nitrogen and oxygen atoms in total. The first-order valence-corrected chi connectivity index (χ1v) is 16.1. The molecule has 4 N–H and O–H groups in total. The summed E-state index contributed by atoms with van der Waals surface area (Å²) in [6.07, 6.45) is 8.60. The largest absolute Gasteiger partial charge is 0.489 e. The lowest BCUT2D eigenvalue weighted by molar-refractivity contribution is 0.0995. The maximum atomic E-state index is 11.9. The monoisotopic (exact) mass is 629 g/mol. The molecule has 0 saturated carbocycles. The number of fused-ring (bicyclic) bond motifs is 4. The lowest BCUT2D eigenvalue weighted by Crippen LogP contribution is -2.38. The third kappa shape index (κ3) is 4.64. The molecule has 4 aromatic rings. The predicted molar refractivity (Wildman–Crippen MR) is 166 cm³/mol. The van der Waals surface area contributed by atoms with Crippen LogP contribution in [0.1, 0.15) is 83.3 Å². The van der Waals surface area contributed by atoms with Crippen LogP contribution in [-0.4, -0.2) is 68.6 Å². The topological polar surface area (TPSA) is 184 Å². The zero-order chi connectivity index (χ0) is 31.5. The molecule has 1 saturated heterocycles. The molecule has 1 amide bonds. The number of nitrogens with zero attached hydrogens (tertiary/aromatic N) is 7. The Labute approximate surface area is 264 Å². The summed E-state index contributed by atoms with van der Waals surface area (Å²) in [6, 6.07) is 4.09. The first-order valence-electron chi connectivity index (χ1n) is 15.3. The van der Waals surface area contributed by atoms with Crippen LogP contribution in [0, 0.1) is 11.3 Å². The van der Waals surface area contributed by atoms with E-state index in [0.29, 0.717) is 22.7 Å². The highest BCUT2D eigenvalue weighted by Crippen LogP contribution is 2.55. The van der Waals surface area contributed by atoms with Gasteiger partial charge in [0.1, 0.15) is 22.9 Å². The molecule has 45 heavy (non-hydrogen) atoms. The van der Waals surface area contributed by atoms with Gasteiger partial charge in [0.05, 0.1) is 18.1 Å². The number of nitrogen functional groups attached to an aromatic ring is 1. The summed E-state index contributed by atoms with van der Waals surface area (Å²) >= 11 is 1.50. The van der Waals surface area contributed by atoms with Gasteiger partial charge in [0, 0.05) is 22.7 Å². The average molecular weight is 630 g/mol. The number of ether oxygens (including phenoxy) is 2. The van der Waals surface area contributed by atoms with Crippen LogP contribution in [0.25, 0.3) is 17.3 Å². The van der Waals surface area contributed by atoms with Gasteiger partial charge in [-0.2, -0.15) is 15.3 Å². The Hall–Kier alpha value is -4.48. The van der Waals surface area contributed by atoms with Crippen LogP contribution in [0.3, 0.4) is 0 Å². The van der Waals surface area contributed by atoms with Gasteiger partial charge in [0.25, 0.3) is 11.8 Å². The van der Waals surface area contributed by atoms with Crippen molar-refractivity contribution in [2.45, 2.75) is 75.9 Å². The van der Waals surface area contributed by atoms with Crippen molar-refractivity contribution in [3.05, 3.63) is 45.3 Å². The van der Waals surface area contributed by atoms with Crippen molar-refractivity contribution < 1.29 is 18.8 Å². The molecule has 4 aromatic heterocycles. The summed E-state index contributed by atoms with van der Waals surface area (Å²) in [7, 11) is 3.61. The van der Waals surface area contributed by atoms with E-state index < -0.39 is 11.3 Å². The second-order valence-corrected chi connectivity index (χ2v) is 13.2. The number of amides is 1. The van der Waals surface area contributed by atoms with E-state index >= 15 is 0 Å². The molecule has 7 rings (SSSR count). The van der Waals surface area contributed by atoms with Gasteiger partial charge in [-0.1, -0.05) is 5.16 Å². The van der Waals surface area contributed by atoms with Gasteiger partial charge in [0.15, 0.2) is 17.3 Å². The van der Waals surface area contributed by atoms with E-state index in [0.717, 1.165) is 73.3 Å². The molecule has 3 atom stereocenters. The Bertz CT molecular complexity index is 1830. The molecule has 0 bridgehead atoms. The second-order valence-electron chi connectivity index (χ2n) is 12.1. The minimum atomic E-state index is -0.662. The highest BCUT2D eigenvalue weighted by molar-refractivity contribution is 7.16. The van der Waals surface area contributed by atoms with Crippen LogP contribution in [0.4, 0.5) is 5.00 Å². The highest BCUT2D eigenvalue weighted by Gasteiger charge is 2.49. The fourth-order valence-electron chi connectivity index (χ4n) is 7.51. The number of hydrogen-bond acceptors (Lipinski definition) is 12. The third-order valence-electron chi connectivity index (χ3n) is 9.57. The molecule has 1 spiro atoms. The van der Waals surface area contributed by atoms with E-state index in [9.17, 15) is 10.1 Å². The zero-order valence-corrected chi connectivity index (χ0v) is 26.3. The summed E-state index contributed by atoms with van der Waals surface area (Å²) in [5.74, 6) is 1.15. The normalized spacial score (nSPS) is 21.7. The van der Waals surface area contributed by atoms with E-state index in [1.807, 2.05) is 6.92 Å². The summed E-state index contributed by atoms with van der Waals surface area (Å²) in [6.45, 7) is 3.02. The van der Waals surface area contributed by atoms with Gasteiger partial charge in [-0.3, -0.25) is 9.69 Å². The van der Waals surface area contributed by atoms with E-state index in [-0.39, 0.29) is 41.1 Å². The first kappa shape index (κ1) is 29.2. The molecule has 0 radical (unpaired) electrons. The number of likely N-dealkylation sites (N-methyl/N-ethyl adjacent to an activating group) is 1. The number of hydrogen-bond donors (Lipinski definition) is 2. The molecular formula is C31H35N9O4S. The van der Waals surface area contributed by atoms with Gasteiger partial charge < -0.3 is 25.5 Å². The van der Waals surface area contributed by atoms with Crippen molar-refractivity contribution in [3.8, 4) is 35.0 Å². The quantitative estimate of drug-likeness (QED) is 0.303. The van der Waals surface area contributed by atoms with Crippen LogP contribution in [-0.2, 0) is 18.3 Å². The van der Waals surface area contributed by atoms with Crippen molar-refractivity contribution in [1.29, 1.82) is 5.26 Å². The number of likely N-dealkylation sites (tertiary alicyclic amines) is 1. The van der Waals surface area contributed by atoms with Crippen LogP contribution in [0.15, 0.2) is 16.8 Å². The van der Waals surface area contributed by atoms with E-state index in [2.05, 4.69) is 28.3 Å². The molecule has 3 aliphatic rings. The third-order valence-corrected chi connectivity index (χ3v) is 10.6. The molecule has 2 aliphatic carbocycles. The van der Waals surface area contributed by atoms with Gasteiger partial charge in [0.2, 0.25) is 11.6 Å². The molecule has 0 unspecified atom stereocenters. The average Bonchev–Trinajstić information content (AvgIpc) is 3.82. The maximum Gasteiger partial charge on any atom is 0.269 e. The van der Waals surface area contributed by atoms with Crippen molar-refractivity contribution in [2.24, 2.45) is 5.73 Å². The standard InChI is InChI=1S/C31H35N9O4S/c1-16(20-8-6-13-39(20)2)43-30-24(42-3)29(40-14-10-19(37-40)26(33)41)35-28(36-30)23-17-7-4-11-31(25(17)44-38-23)12-5-9-21-22(31)18(15-32)27(34)45-21/h10,14,16,20H,4-9,11-13,34H2,1-3H3,(H2,33,41)/t16-,20-,31-/m0/s1. The van der Waals surface area contributed by atoms with Crippen LogP contribution >= 0.6 is 11.3 Å². The van der Waals surface area contributed by atoms with E-state index in [1.54, 1.807) is 6.20 Å². The molecule has 5 heterocycles. The summed E-state index contributed by atoms with van der Waals surface area (Å²) < 4.78 is 20.0. The summed E-state index contributed by atoms with van der Waals surface area (Å²) in [5.41, 5.74) is 14.4. The number of methoxy groups -OCH3 is 1. The van der Waals surface area contributed by atoms with Gasteiger partial charge in [-0.15, -0.1) is 11.3 Å². The first-order chi connectivity index (χ1) is 21.8. The van der Waals surface area contributed by atoms with Crippen molar-refractivity contribution in [3.63, 3.8) is 0 Å². The minimum Gasteiger partial charge on any atom is -0.489 e. The number of carbonyl (C=O) groups is 1. The Morgan fingerprint density at radius 2 is 2.07 bits per heavy atom. The van der Waals surface area contributed by atoms with Crippen LogP contribution < -0.4 is 20.9 Å². The van der Waals surface area contributed by atoms with Crippen LogP contribution in [0.5, 0.6) is 11.6 Å². The highest BCUT2D eigenvalue weighted by atomic mass is 32.1. The van der Waals surface area contributed by atoms with Gasteiger partial charge in [-0.05, 0) is 83.5 Å². The number of aryl methyl sites for hydroxylation is 1. The number of anilines is 1. The number of nitrogens with two attached hydrogens (primary N) is 2. The Morgan fingerprint density at radius 3 is 2.76 bits per heavy atom. The number of primary amides is 1. The van der Waals surface area contributed by atoms with Crippen LogP contribution in [0.2, 0.25) is 0 Å². The number of nitriles is 1. The summed E-state index contributed by atoms with van der Waals surface area (Å²) in [4.78, 5) is 25.1. The molecule has 0 aromatic carbocycles. The van der Waals surface area contributed by atoms with Crippen molar-refractivity contribution in [2.75, 3.05) is 26.4 Å². The molecule has 234 valence electrons. The molecule has 14 heteroatoms. The second kappa shape index (κ2) is 11.1. The number of rotatable bonds is 7. The zero-order valence-electron chi connectivity index (χ0n) is 25.5. The van der Waals surface area contributed by atoms with Gasteiger partial charge >= 0.3 is 0 Å². The van der Waals surface area contributed by atoms with Gasteiger partial charge in [-0.25, -0.2) is 9.67 Å². The predicted octanol–water partition coefficient (Wildman–Crippen LogP) is 3.76. The lowest BCUT2D eigenvalue weighted by Gasteiger charge is -2.39. The molecular weight excluding hydrogens is 594 g/mol. The fraction of sp³-hybridized carbons (Fsp3) is 0.484. The Kier molecular flexibility index (Phi) is 7.25. The number of aromatic nitrogens is 5. The molecule has 1 fully saturated rings. The number of carbonyl (C=O) groups excluding carboxylic acids is 1. The fourth-order valence-corrected chi connectivity index (χ4v) is 8.67. The van der Waals surface area contributed by atoms with Crippen molar-refractivity contribution >= 4 is 22.2 Å². The lowest BCUT2D eigenvalue weighted by atomic mass is 9.63. The Morgan fingerprint density at radius 1 is 1.27 bits per heavy atom.